The van der Waals surface area contributed by atoms with Crippen molar-refractivity contribution in [3.05, 3.63) is 64.1 Å². The van der Waals surface area contributed by atoms with E-state index in [9.17, 15) is 18.0 Å². The molecule has 3 rings (SSSR count). The molecule has 10 heteroatoms. The number of nitrogens with zero attached hydrogens (tertiary/aromatic N) is 2. The summed E-state index contributed by atoms with van der Waals surface area (Å²) in [5.41, 5.74) is 1.06. The molecule has 0 bridgehead atoms. The minimum Gasteiger partial charge on any atom is -0.352 e. The fourth-order valence-electron chi connectivity index (χ4n) is 4.51. The van der Waals surface area contributed by atoms with E-state index in [0.29, 0.717) is 27.7 Å². The summed E-state index contributed by atoms with van der Waals surface area (Å²) >= 11 is 12.3. The van der Waals surface area contributed by atoms with Crippen molar-refractivity contribution in [3.8, 4) is 0 Å². The molecule has 0 saturated heterocycles. The molecule has 1 fully saturated rings. The van der Waals surface area contributed by atoms with Crippen molar-refractivity contribution in [1.29, 1.82) is 0 Å². The van der Waals surface area contributed by atoms with E-state index in [1.54, 1.807) is 48.5 Å². The number of anilines is 1. The number of sulfonamides is 1. The molecule has 2 amide bonds. The van der Waals surface area contributed by atoms with Crippen molar-refractivity contribution in [1.82, 2.24) is 10.2 Å². The van der Waals surface area contributed by atoms with E-state index in [-0.39, 0.29) is 18.5 Å². The second-order valence-electron chi connectivity index (χ2n) is 9.14. The van der Waals surface area contributed by atoms with E-state index in [0.717, 1.165) is 42.7 Å². The number of carbonyl (C=O) groups is 2. The Morgan fingerprint density at radius 2 is 1.69 bits per heavy atom. The van der Waals surface area contributed by atoms with E-state index in [1.807, 2.05) is 6.92 Å². The van der Waals surface area contributed by atoms with Gasteiger partial charge in [-0.1, -0.05) is 73.7 Å². The summed E-state index contributed by atoms with van der Waals surface area (Å²) in [4.78, 5) is 28.5. The molecule has 1 N–H and O–H groups in total. The van der Waals surface area contributed by atoms with Gasteiger partial charge in [0.15, 0.2) is 0 Å². The van der Waals surface area contributed by atoms with Crippen LogP contribution in [0.25, 0.3) is 0 Å². The zero-order valence-corrected chi connectivity index (χ0v) is 23.0. The highest BCUT2D eigenvalue weighted by atomic mass is 35.5. The lowest BCUT2D eigenvalue weighted by Crippen LogP contribution is -2.53. The minimum absolute atomic E-state index is 0.0821. The van der Waals surface area contributed by atoms with Crippen LogP contribution in [-0.2, 0) is 26.2 Å². The van der Waals surface area contributed by atoms with Gasteiger partial charge in [0.1, 0.15) is 12.6 Å². The second-order valence-corrected chi connectivity index (χ2v) is 11.9. The van der Waals surface area contributed by atoms with E-state index in [2.05, 4.69) is 5.32 Å². The summed E-state index contributed by atoms with van der Waals surface area (Å²) in [5, 5.41) is 3.83. The molecule has 1 atom stereocenters. The van der Waals surface area contributed by atoms with E-state index >= 15 is 0 Å². The molecule has 1 aliphatic rings. The average molecular weight is 555 g/mol. The highest BCUT2D eigenvalue weighted by molar-refractivity contribution is 7.92. The predicted molar refractivity (Wildman–Crippen MR) is 145 cm³/mol. The summed E-state index contributed by atoms with van der Waals surface area (Å²) in [6.45, 7) is 1.49. The lowest BCUT2D eigenvalue weighted by molar-refractivity contribution is -0.140. The van der Waals surface area contributed by atoms with Crippen LogP contribution < -0.4 is 9.62 Å². The van der Waals surface area contributed by atoms with Gasteiger partial charge in [-0.15, -0.1) is 0 Å². The molecule has 36 heavy (non-hydrogen) atoms. The van der Waals surface area contributed by atoms with Crippen LogP contribution in [0.1, 0.15) is 51.0 Å². The Kier molecular flexibility index (Phi) is 10.0. The first-order chi connectivity index (χ1) is 17.1. The summed E-state index contributed by atoms with van der Waals surface area (Å²) in [5.74, 6) is -0.718. The number of para-hydroxylation sites is 1. The monoisotopic (exact) mass is 553 g/mol. The standard InChI is InChI=1S/C26H33Cl2N3O4S/c1-3-24(26(33)29-20-10-6-4-7-11-20)30(17-19-14-15-22(27)23(28)16-19)25(32)18-31(36(2,34)35)21-12-8-5-9-13-21/h5,8-9,12-16,20,24H,3-4,6-7,10-11,17-18H2,1-2H3,(H,29,33)/t24-/m1/s1. The molecule has 196 valence electrons. The largest absolute Gasteiger partial charge is 0.352 e. The molecule has 7 nitrogen and oxygen atoms in total. The first kappa shape index (κ1) is 28.3. The molecule has 0 radical (unpaired) electrons. The van der Waals surface area contributed by atoms with Crippen molar-refractivity contribution >= 4 is 50.7 Å². The third-order valence-electron chi connectivity index (χ3n) is 6.40. The van der Waals surface area contributed by atoms with Gasteiger partial charge in [0.2, 0.25) is 21.8 Å². The number of nitrogens with one attached hydrogen (secondary N) is 1. The predicted octanol–water partition coefficient (Wildman–Crippen LogP) is 5.02. The number of benzene rings is 2. The van der Waals surface area contributed by atoms with Gasteiger partial charge >= 0.3 is 0 Å². The molecule has 0 unspecified atom stereocenters. The van der Waals surface area contributed by atoms with Gasteiger partial charge < -0.3 is 10.2 Å². The van der Waals surface area contributed by atoms with E-state index in [1.165, 1.54) is 4.90 Å². The molecule has 0 aliphatic heterocycles. The SMILES string of the molecule is CC[C@H](C(=O)NC1CCCCC1)N(Cc1ccc(Cl)c(Cl)c1)C(=O)CN(c1ccccc1)S(C)(=O)=O. The molecule has 0 aromatic heterocycles. The quantitative estimate of drug-likeness (QED) is 0.447. The van der Waals surface area contributed by atoms with Crippen molar-refractivity contribution < 1.29 is 18.0 Å². The van der Waals surface area contributed by atoms with Crippen molar-refractivity contribution in [3.63, 3.8) is 0 Å². The molecule has 0 heterocycles. The summed E-state index contributed by atoms with van der Waals surface area (Å²) in [6.07, 6.45) is 6.55. The Morgan fingerprint density at radius 1 is 1.03 bits per heavy atom. The first-order valence-corrected chi connectivity index (χ1v) is 14.8. The highest BCUT2D eigenvalue weighted by Crippen LogP contribution is 2.25. The molecular formula is C26H33Cl2N3O4S. The first-order valence-electron chi connectivity index (χ1n) is 12.2. The van der Waals surface area contributed by atoms with Gasteiger partial charge in [-0.05, 0) is 49.1 Å². The fraction of sp³-hybridized carbons (Fsp3) is 0.462. The summed E-state index contributed by atoms with van der Waals surface area (Å²) in [7, 11) is -3.76. The minimum atomic E-state index is -3.76. The number of hydrogen-bond donors (Lipinski definition) is 1. The highest BCUT2D eigenvalue weighted by Gasteiger charge is 2.32. The van der Waals surface area contributed by atoms with Crippen molar-refractivity contribution in [2.24, 2.45) is 0 Å². The maximum Gasteiger partial charge on any atom is 0.244 e. The lowest BCUT2D eigenvalue weighted by atomic mass is 9.95. The molecular weight excluding hydrogens is 521 g/mol. The number of halogens is 2. The molecule has 1 saturated carbocycles. The Morgan fingerprint density at radius 3 is 2.28 bits per heavy atom. The molecule has 2 aromatic rings. The van der Waals surface area contributed by atoms with Gasteiger partial charge in [0, 0.05) is 12.6 Å². The Balaban J connectivity index is 1.91. The summed E-state index contributed by atoms with van der Waals surface area (Å²) < 4.78 is 26.3. The van der Waals surface area contributed by atoms with Gasteiger partial charge in [0.05, 0.1) is 22.0 Å². The Bertz CT molecular complexity index is 1160. The van der Waals surface area contributed by atoms with Crippen molar-refractivity contribution in [2.45, 2.75) is 64.1 Å². The number of amides is 2. The van der Waals surface area contributed by atoms with Crippen LogP contribution >= 0.6 is 23.2 Å². The fourth-order valence-corrected chi connectivity index (χ4v) is 5.68. The molecule has 1 aliphatic carbocycles. The molecule has 2 aromatic carbocycles. The van der Waals surface area contributed by atoms with Crippen LogP contribution in [0.15, 0.2) is 48.5 Å². The zero-order valence-electron chi connectivity index (χ0n) is 20.6. The third kappa shape index (κ3) is 7.60. The van der Waals surface area contributed by atoms with Crippen LogP contribution in [0.3, 0.4) is 0 Å². The number of hydrogen-bond acceptors (Lipinski definition) is 4. The number of rotatable bonds is 10. The van der Waals surface area contributed by atoms with Crippen LogP contribution in [0.2, 0.25) is 10.0 Å². The molecule has 0 spiro atoms. The van der Waals surface area contributed by atoms with Gasteiger partial charge in [0.25, 0.3) is 0 Å². The van der Waals surface area contributed by atoms with Crippen LogP contribution in [-0.4, -0.2) is 50.0 Å². The average Bonchev–Trinajstić information content (AvgIpc) is 2.85. The van der Waals surface area contributed by atoms with E-state index < -0.39 is 28.5 Å². The van der Waals surface area contributed by atoms with Crippen LogP contribution in [0.5, 0.6) is 0 Å². The van der Waals surface area contributed by atoms with Gasteiger partial charge in [-0.25, -0.2) is 8.42 Å². The lowest BCUT2D eigenvalue weighted by Gasteiger charge is -2.34. The summed E-state index contributed by atoms with van der Waals surface area (Å²) in [6, 6.07) is 12.8. The Hall–Kier alpha value is -2.29. The normalized spacial score (nSPS) is 15.2. The van der Waals surface area contributed by atoms with Gasteiger partial charge in [-0.3, -0.25) is 13.9 Å². The van der Waals surface area contributed by atoms with Crippen molar-refractivity contribution in [2.75, 3.05) is 17.1 Å². The Labute approximate surface area is 223 Å². The maximum atomic E-state index is 13.7. The van der Waals surface area contributed by atoms with Gasteiger partial charge in [-0.2, -0.15) is 0 Å². The second kappa shape index (κ2) is 12.8. The van der Waals surface area contributed by atoms with E-state index in [4.69, 9.17) is 23.2 Å². The zero-order chi connectivity index (χ0) is 26.3. The maximum absolute atomic E-state index is 13.7. The third-order valence-corrected chi connectivity index (χ3v) is 8.28. The smallest absolute Gasteiger partial charge is 0.244 e. The van der Waals surface area contributed by atoms with Crippen LogP contribution in [0, 0.1) is 0 Å². The van der Waals surface area contributed by atoms with Crippen LogP contribution in [0.4, 0.5) is 5.69 Å². The topological polar surface area (TPSA) is 86.8 Å². The number of carbonyl (C=O) groups excluding carboxylic acids is 2.